The van der Waals surface area contributed by atoms with Crippen molar-refractivity contribution in [1.82, 2.24) is 15.1 Å². The molecule has 4 aliphatic heterocycles. The molecule has 234 valence electrons. The molecule has 1 aromatic carbocycles. The van der Waals surface area contributed by atoms with Crippen molar-refractivity contribution in [3.63, 3.8) is 0 Å². The first-order valence-electron chi connectivity index (χ1n) is 16.4. The Labute approximate surface area is 255 Å². The lowest BCUT2D eigenvalue weighted by molar-refractivity contribution is -0.141. The maximum atomic E-state index is 14.3. The van der Waals surface area contributed by atoms with Crippen LogP contribution in [0.3, 0.4) is 0 Å². The van der Waals surface area contributed by atoms with E-state index in [1.807, 2.05) is 12.2 Å². The minimum absolute atomic E-state index is 0.0650. The molecule has 1 aliphatic carbocycles. The summed E-state index contributed by atoms with van der Waals surface area (Å²) >= 11 is 0. The largest absolute Gasteiger partial charge is 0.497 e. The van der Waals surface area contributed by atoms with Crippen LogP contribution in [0.2, 0.25) is 0 Å². The van der Waals surface area contributed by atoms with Gasteiger partial charge in [-0.15, -0.1) is 0 Å². The van der Waals surface area contributed by atoms with E-state index in [0.717, 1.165) is 38.9 Å². The molecule has 2 N–H and O–H groups in total. The summed E-state index contributed by atoms with van der Waals surface area (Å²) in [5.74, 6) is 0.231. The Hall–Kier alpha value is -2.91. The maximum Gasteiger partial charge on any atom is 0.246 e. The standard InChI is InChI=1S/C34H48N4O5/c1-21-8-6-17-37(20-21)18-7-19-38-30(32(40)36-26-10-5-9-22(2)23(26)3)34-16-15-27(43-34)28(29(34)33(38)41)31(39)35-24-11-13-25(42-4)14-12-24/h11-16,21-23,26-30H,5-10,17-20H2,1-4H3,(H,35,39)(H,36,40)/t21-,22-,23+,26+,27+,28-,29+,30+,34+/m0/s1. The number of amides is 3. The van der Waals surface area contributed by atoms with Crippen molar-refractivity contribution in [2.75, 3.05) is 38.6 Å². The van der Waals surface area contributed by atoms with E-state index in [4.69, 9.17) is 9.47 Å². The van der Waals surface area contributed by atoms with Crippen molar-refractivity contribution >= 4 is 23.4 Å². The van der Waals surface area contributed by atoms with Crippen LogP contribution in [0.15, 0.2) is 36.4 Å². The molecule has 43 heavy (non-hydrogen) atoms. The van der Waals surface area contributed by atoms with Crippen molar-refractivity contribution in [1.29, 1.82) is 0 Å². The Balaban J connectivity index is 1.23. The molecule has 5 aliphatic rings. The van der Waals surface area contributed by atoms with E-state index < -0.39 is 29.6 Å². The van der Waals surface area contributed by atoms with Crippen LogP contribution in [-0.2, 0) is 19.1 Å². The molecule has 3 saturated heterocycles. The summed E-state index contributed by atoms with van der Waals surface area (Å²) in [6.45, 7) is 10.3. The summed E-state index contributed by atoms with van der Waals surface area (Å²) in [6, 6.07) is 6.40. The van der Waals surface area contributed by atoms with Crippen molar-refractivity contribution in [2.24, 2.45) is 29.6 Å². The number of likely N-dealkylation sites (tertiary alicyclic amines) is 2. The minimum atomic E-state index is -1.14. The molecule has 9 nitrogen and oxygen atoms in total. The number of benzene rings is 1. The van der Waals surface area contributed by atoms with Gasteiger partial charge in [0.1, 0.15) is 17.4 Å². The van der Waals surface area contributed by atoms with Gasteiger partial charge in [-0.3, -0.25) is 14.4 Å². The smallest absolute Gasteiger partial charge is 0.246 e. The third-order valence-electron chi connectivity index (χ3n) is 10.9. The molecule has 6 rings (SSSR count). The highest BCUT2D eigenvalue weighted by atomic mass is 16.5. The molecule has 0 unspecified atom stereocenters. The molecule has 9 atom stereocenters. The lowest BCUT2D eigenvalue weighted by Crippen LogP contribution is -2.58. The van der Waals surface area contributed by atoms with Crippen LogP contribution in [0.5, 0.6) is 5.75 Å². The Morgan fingerprint density at radius 1 is 1.05 bits per heavy atom. The van der Waals surface area contributed by atoms with Crippen LogP contribution >= 0.6 is 0 Å². The van der Waals surface area contributed by atoms with Crippen molar-refractivity contribution in [2.45, 2.75) is 83.1 Å². The van der Waals surface area contributed by atoms with E-state index in [9.17, 15) is 14.4 Å². The number of carbonyl (C=O) groups is 3. The first kappa shape index (κ1) is 30.1. The zero-order valence-electron chi connectivity index (χ0n) is 26.1. The van der Waals surface area contributed by atoms with E-state index >= 15 is 0 Å². The van der Waals surface area contributed by atoms with Gasteiger partial charge in [0.05, 0.1) is 25.0 Å². The average Bonchev–Trinajstić information content (AvgIpc) is 3.63. The topological polar surface area (TPSA) is 100 Å². The Morgan fingerprint density at radius 2 is 1.84 bits per heavy atom. The van der Waals surface area contributed by atoms with Gasteiger partial charge in [0.2, 0.25) is 17.7 Å². The van der Waals surface area contributed by atoms with Crippen LogP contribution < -0.4 is 15.4 Å². The lowest BCUT2D eigenvalue weighted by Gasteiger charge is -2.38. The van der Waals surface area contributed by atoms with Gasteiger partial charge >= 0.3 is 0 Å². The zero-order chi connectivity index (χ0) is 30.3. The van der Waals surface area contributed by atoms with Gasteiger partial charge in [0.25, 0.3) is 0 Å². The second-order valence-electron chi connectivity index (χ2n) is 13.7. The summed E-state index contributed by atoms with van der Waals surface area (Å²) in [5, 5.41) is 6.34. The van der Waals surface area contributed by atoms with Gasteiger partial charge < -0.3 is 29.9 Å². The lowest BCUT2D eigenvalue weighted by atomic mass is 9.73. The second-order valence-corrected chi connectivity index (χ2v) is 13.7. The highest BCUT2D eigenvalue weighted by molar-refractivity contribution is 6.02. The highest BCUT2D eigenvalue weighted by Crippen LogP contribution is 2.55. The molecule has 2 bridgehead atoms. The van der Waals surface area contributed by atoms with Crippen LogP contribution in [0.1, 0.15) is 59.3 Å². The summed E-state index contributed by atoms with van der Waals surface area (Å²) in [4.78, 5) is 46.5. The molecular formula is C34H48N4O5. The Kier molecular flexibility index (Phi) is 8.57. The fourth-order valence-corrected chi connectivity index (χ4v) is 8.41. The first-order chi connectivity index (χ1) is 20.7. The quantitative estimate of drug-likeness (QED) is 0.423. The zero-order valence-corrected chi connectivity index (χ0v) is 26.1. The fourth-order valence-electron chi connectivity index (χ4n) is 8.41. The number of hydrogen-bond acceptors (Lipinski definition) is 6. The summed E-state index contributed by atoms with van der Waals surface area (Å²) in [6.07, 6.45) is 9.66. The number of methoxy groups -OCH3 is 1. The molecule has 1 spiro atoms. The maximum absolute atomic E-state index is 14.3. The molecule has 1 saturated carbocycles. The normalized spacial score (nSPS) is 36.9. The number of nitrogens with one attached hydrogen (secondary N) is 2. The number of rotatable bonds is 9. The second kappa shape index (κ2) is 12.2. The average molecular weight is 593 g/mol. The molecule has 9 heteroatoms. The van der Waals surface area contributed by atoms with E-state index in [2.05, 4.69) is 36.3 Å². The molecule has 0 aromatic heterocycles. The first-order valence-corrected chi connectivity index (χ1v) is 16.4. The predicted molar refractivity (Wildman–Crippen MR) is 164 cm³/mol. The number of ether oxygens (including phenoxy) is 2. The predicted octanol–water partition coefficient (Wildman–Crippen LogP) is 3.85. The number of fused-ring (bicyclic) bond motifs is 1. The Morgan fingerprint density at radius 3 is 2.58 bits per heavy atom. The van der Waals surface area contributed by atoms with E-state index in [1.54, 1.807) is 36.3 Å². The number of piperidine rings is 1. The van der Waals surface area contributed by atoms with Crippen LogP contribution in [0, 0.1) is 29.6 Å². The molecule has 0 radical (unpaired) electrons. The molecule has 4 heterocycles. The SMILES string of the molecule is COc1ccc(NC(=O)[C@H]2[C@H]3C=C[C@@]4(O3)[C@H]2C(=O)N(CCCN2CCC[C@H](C)C2)[C@@H]4C(=O)N[C@@H]2CCC[C@H](C)[C@H]2C)cc1. The van der Waals surface area contributed by atoms with Crippen LogP contribution in [-0.4, -0.2) is 84.6 Å². The molecule has 4 fully saturated rings. The van der Waals surface area contributed by atoms with Crippen LogP contribution in [0.25, 0.3) is 0 Å². The number of hydrogen-bond donors (Lipinski definition) is 2. The summed E-state index contributed by atoms with van der Waals surface area (Å²) in [7, 11) is 1.60. The molecule has 1 aromatic rings. The highest BCUT2D eigenvalue weighted by Gasteiger charge is 2.72. The van der Waals surface area contributed by atoms with Gasteiger partial charge in [0.15, 0.2) is 0 Å². The molecular weight excluding hydrogens is 544 g/mol. The van der Waals surface area contributed by atoms with Gasteiger partial charge in [-0.25, -0.2) is 0 Å². The van der Waals surface area contributed by atoms with E-state index in [-0.39, 0.29) is 23.8 Å². The van der Waals surface area contributed by atoms with Gasteiger partial charge in [-0.2, -0.15) is 0 Å². The number of carbonyl (C=O) groups excluding carboxylic acids is 3. The van der Waals surface area contributed by atoms with Gasteiger partial charge in [0, 0.05) is 24.8 Å². The van der Waals surface area contributed by atoms with Crippen molar-refractivity contribution < 1.29 is 23.9 Å². The molecule has 3 amide bonds. The third kappa shape index (κ3) is 5.59. The monoisotopic (exact) mass is 592 g/mol. The summed E-state index contributed by atoms with van der Waals surface area (Å²) in [5.41, 5.74) is -0.518. The van der Waals surface area contributed by atoms with Crippen molar-refractivity contribution in [3.8, 4) is 5.75 Å². The van der Waals surface area contributed by atoms with Gasteiger partial charge in [-0.1, -0.05) is 45.8 Å². The van der Waals surface area contributed by atoms with Crippen LogP contribution in [0.4, 0.5) is 5.69 Å². The Bertz CT molecular complexity index is 1240. The number of anilines is 1. The number of nitrogens with zero attached hydrogens (tertiary/aromatic N) is 2. The van der Waals surface area contributed by atoms with Crippen molar-refractivity contribution in [3.05, 3.63) is 36.4 Å². The minimum Gasteiger partial charge on any atom is -0.497 e. The van der Waals surface area contributed by atoms with Gasteiger partial charge in [-0.05, 0) is 80.8 Å². The van der Waals surface area contributed by atoms with E-state index in [0.29, 0.717) is 35.7 Å². The fraction of sp³-hybridized carbons (Fsp3) is 0.676. The third-order valence-corrected chi connectivity index (χ3v) is 10.9. The summed E-state index contributed by atoms with van der Waals surface area (Å²) < 4.78 is 11.8. The van der Waals surface area contributed by atoms with E-state index in [1.165, 1.54) is 19.3 Å².